The van der Waals surface area contributed by atoms with Gasteiger partial charge < -0.3 is 14.2 Å². The molecule has 2 aliphatic heterocycles. The van der Waals surface area contributed by atoms with E-state index in [-0.39, 0.29) is 42.1 Å². The molecule has 2 saturated heterocycles. The summed E-state index contributed by atoms with van der Waals surface area (Å²) < 4.78 is 53.3. The lowest BCUT2D eigenvalue weighted by Crippen LogP contribution is -2.43. The first-order valence-electron chi connectivity index (χ1n) is 12.3. The van der Waals surface area contributed by atoms with Crippen LogP contribution in [-0.2, 0) is 33.6 Å². The summed E-state index contributed by atoms with van der Waals surface area (Å²) in [6.45, 7) is 3.37. The molecule has 1 N–H and O–H groups in total. The molecule has 1 aromatic carbocycles. The highest BCUT2D eigenvalue weighted by Crippen LogP contribution is 2.33. The first kappa shape index (κ1) is 30.6. The lowest BCUT2D eigenvalue weighted by molar-refractivity contribution is -0.155. The molecule has 0 spiro atoms. The van der Waals surface area contributed by atoms with E-state index in [0.29, 0.717) is 23.3 Å². The molecular formula is C24H31ClFN3O9S. The van der Waals surface area contributed by atoms with Crippen LogP contribution in [0.15, 0.2) is 18.2 Å². The van der Waals surface area contributed by atoms with Gasteiger partial charge in [0.05, 0.1) is 30.3 Å². The number of sulfone groups is 1. The average molecular weight is 592 g/mol. The van der Waals surface area contributed by atoms with Gasteiger partial charge in [0.2, 0.25) is 12.7 Å². The molecule has 2 aliphatic rings. The van der Waals surface area contributed by atoms with Crippen molar-refractivity contribution >= 4 is 51.4 Å². The van der Waals surface area contributed by atoms with Crippen molar-refractivity contribution < 1.29 is 46.2 Å². The quantitative estimate of drug-likeness (QED) is 0.258. The van der Waals surface area contributed by atoms with Gasteiger partial charge in [-0.05, 0) is 54.2 Å². The molecule has 0 unspecified atom stereocenters. The maximum atomic E-state index is 14.9. The predicted molar refractivity (Wildman–Crippen MR) is 137 cm³/mol. The van der Waals surface area contributed by atoms with Crippen LogP contribution in [0.25, 0.3) is 0 Å². The Bertz CT molecular complexity index is 1200. The number of carbonyl (C=O) groups excluding carboxylic acids is 4. The van der Waals surface area contributed by atoms with Gasteiger partial charge in [-0.15, -0.1) is 0 Å². The second-order valence-corrected chi connectivity index (χ2v) is 12.2. The number of hydrogen-bond acceptors (Lipinski definition) is 10. The highest BCUT2D eigenvalue weighted by atomic mass is 35.5. The van der Waals surface area contributed by atoms with Crippen molar-refractivity contribution in [3.05, 3.63) is 29.6 Å². The van der Waals surface area contributed by atoms with Gasteiger partial charge >= 0.3 is 18.2 Å². The number of cyclic esters (lactones) is 1. The van der Waals surface area contributed by atoms with E-state index >= 15 is 0 Å². The molecule has 12 nitrogen and oxygen atoms in total. The number of benzene rings is 1. The lowest BCUT2D eigenvalue weighted by atomic mass is 9.93. The number of imide groups is 1. The summed E-state index contributed by atoms with van der Waals surface area (Å²) in [6.07, 6.45) is -2.20. The summed E-state index contributed by atoms with van der Waals surface area (Å²) in [4.78, 5) is 53.1. The van der Waals surface area contributed by atoms with E-state index in [9.17, 15) is 32.0 Å². The predicted octanol–water partition coefficient (Wildman–Crippen LogP) is 2.70. The van der Waals surface area contributed by atoms with Crippen LogP contribution in [0, 0.1) is 11.7 Å². The fourth-order valence-electron chi connectivity index (χ4n) is 4.33. The molecule has 15 heteroatoms. The molecule has 2 heterocycles. The molecule has 3 rings (SSSR count). The molecule has 0 aliphatic carbocycles. The lowest BCUT2D eigenvalue weighted by Gasteiger charge is -2.23. The second kappa shape index (κ2) is 12.9. The van der Waals surface area contributed by atoms with E-state index < -0.39 is 58.7 Å². The van der Waals surface area contributed by atoms with Gasteiger partial charge in [-0.1, -0.05) is 19.9 Å². The Morgan fingerprint density at radius 1 is 1.23 bits per heavy atom. The maximum absolute atomic E-state index is 14.9. The minimum atomic E-state index is -3.09. The van der Waals surface area contributed by atoms with Crippen molar-refractivity contribution in [1.29, 1.82) is 0 Å². The summed E-state index contributed by atoms with van der Waals surface area (Å²) in [6, 6.07) is 3.40. The van der Waals surface area contributed by atoms with Crippen molar-refractivity contribution in [1.82, 2.24) is 9.74 Å². The fraction of sp³-hybridized carbons (Fsp3) is 0.583. The maximum Gasteiger partial charge on any atom is 0.419 e. The van der Waals surface area contributed by atoms with E-state index in [1.54, 1.807) is 13.8 Å². The zero-order valence-electron chi connectivity index (χ0n) is 21.7. The molecule has 39 heavy (non-hydrogen) atoms. The Balaban J connectivity index is 1.58. The van der Waals surface area contributed by atoms with Gasteiger partial charge in [-0.3, -0.25) is 14.5 Å². The highest BCUT2D eigenvalue weighted by Gasteiger charge is 2.37. The number of amides is 3. The third kappa shape index (κ3) is 7.79. The Labute approximate surface area is 230 Å². The minimum absolute atomic E-state index is 0.000400. The van der Waals surface area contributed by atoms with E-state index in [1.165, 1.54) is 23.1 Å². The van der Waals surface area contributed by atoms with Crippen molar-refractivity contribution in [3.8, 4) is 0 Å². The van der Waals surface area contributed by atoms with Gasteiger partial charge in [-0.25, -0.2) is 32.1 Å². The fourth-order valence-corrected chi connectivity index (χ4v) is 6.16. The topological polar surface area (TPSA) is 149 Å². The standard InChI is InChI=1S/C24H31ClFN3O9S/c1-14(2)21(27-25)22(31)36-13-37-23(32)28(15(3)30)11-18-12-29(24(33)38-18)17-4-5-19(20(26)10-17)16-6-8-39(34,35)9-7-16/h4-5,10,14,16,18,21,27H,6-9,11-13H2,1-3H3/t18-,21-/m0/s1. The average Bonchev–Trinajstić information content (AvgIpc) is 3.22. The van der Waals surface area contributed by atoms with Crippen LogP contribution in [0.5, 0.6) is 0 Å². The summed E-state index contributed by atoms with van der Waals surface area (Å²) in [5.41, 5.74) is 0.592. The van der Waals surface area contributed by atoms with E-state index in [2.05, 4.69) is 4.84 Å². The van der Waals surface area contributed by atoms with Crippen LogP contribution < -0.4 is 9.74 Å². The first-order chi connectivity index (χ1) is 18.3. The summed E-state index contributed by atoms with van der Waals surface area (Å²) >= 11 is 5.52. The molecule has 2 fully saturated rings. The molecule has 216 valence electrons. The minimum Gasteiger partial charge on any atom is -0.442 e. The molecule has 0 bridgehead atoms. The number of rotatable bonds is 9. The number of carbonyl (C=O) groups is 4. The summed E-state index contributed by atoms with van der Waals surface area (Å²) in [5, 5.41) is 0. The highest BCUT2D eigenvalue weighted by molar-refractivity contribution is 7.91. The summed E-state index contributed by atoms with van der Waals surface area (Å²) in [5.74, 6) is -2.46. The van der Waals surface area contributed by atoms with Crippen LogP contribution >= 0.6 is 11.8 Å². The largest absolute Gasteiger partial charge is 0.442 e. The number of hydrogen-bond donors (Lipinski definition) is 1. The van der Waals surface area contributed by atoms with Gasteiger partial charge in [0.15, 0.2) is 0 Å². The Morgan fingerprint density at radius 3 is 2.46 bits per heavy atom. The molecule has 1 aromatic rings. The zero-order valence-corrected chi connectivity index (χ0v) is 23.3. The smallest absolute Gasteiger partial charge is 0.419 e. The molecule has 0 saturated carbocycles. The van der Waals surface area contributed by atoms with E-state index in [4.69, 9.17) is 26.0 Å². The van der Waals surface area contributed by atoms with Crippen LogP contribution in [0.3, 0.4) is 0 Å². The summed E-state index contributed by atoms with van der Waals surface area (Å²) in [7, 11) is -3.09. The normalized spacial score (nSPS) is 19.9. The number of halogens is 2. The number of nitrogens with one attached hydrogen (secondary N) is 1. The Hall–Kier alpha value is -2.97. The van der Waals surface area contributed by atoms with E-state index in [0.717, 1.165) is 6.92 Å². The molecular weight excluding hydrogens is 561 g/mol. The molecule has 0 radical (unpaired) electrons. The van der Waals surface area contributed by atoms with E-state index in [1.807, 2.05) is 0 Å². The molecule has 0 aromatic heterocycles. The Morgan fingerprint density at radius 2 is 1.90 bits per heavy atom. The van der Waals surface area contributed by atoms with Crippen molar-refractivity contribution in [3.63, 3.8) is 0 Å². The van der Waals surface area contributed by atoms with Crippen molar-refractivity contribution in [2.75, 3.05) is 36.3 Å². The van der Waals surface area contributed by atoms with Crippen LogP contribution in [0.4, 0.5) is 19.7 Å². The van der Waals surface area contributed by atoms with Crippen LogP contribution in [0.2, 0.25) is 0 Å². The van der Waals surface area contributed by atoms with Crippen LogP contribution in [0.1, 0.15) is 45.1 Å². The molecule has 3 amide bonds. The third-order valence-electron chi connectivity index (χ3n) is 6.57. The number of anilines is 1. The molecule has 2 atom stereocenters. The van der Waals surface area contributed by atoms with Crippen molar-refractivity contribution in [2.24, 2.45) is 5.92 Å². The van der Waals surface area contributed by atoms with Gasteiger partial charge in [0.1, 0.15) is 27.8 Å². The first-order valence-corrected chi connectivity index (χ1v) is 14.5. The van der Waals surface area contributed by atoms with Crippen molar-refractivity contribution in [2.45, 2.75) is 51.7 Å². The second-order valence-electron chi connectivity index (χ2n) is 9.70. The van der Waals surface area contributed by atoms with Crippen LogP contribution in [-0.4, -0.2) is 80.9 Å². The van der Waals surface area contributed by atoms with Gasteiger partial charge in [0.25, 0.3) is 0 Å². The Kier molecular flexibility index (Phi) is 10.1. The number of ether oxygens (including phenoxy) is 3. The zero-order chi connectivity index (χ0) is 28.9. The number of esters is 1. The third-order valence-corrected chi connectivity index (χ3v) is 8.52. The monoisotopic (exact) mass is 591 g/mol. The van der Waals surface area contributed by atoms with Gasteiger partial charge in [0, 0.05) is 6.92 Å². The van der Waals surface area contributed by atoms with Gasteiger partial charge in [-0.2, -0.15) is 0 Å². The SMILES string of the molecule is CC(=O)N(C[C@H]1CN(c2ccc(C3CCS(=O)(=O)CC3)c(F)c2)C(=O)O1)C(=O)OCOC(=O)[C@@H](NCl)C(C)C. The number of nitrogens with zero attached hydrogens (tertiary/aromatic N) is 2.